The van der Waals surface area contributed by atoms with E-state index >= 15 is 0 Å². The van der Waals surface area contributed by atoms with Crippen molar-refractivity contribution in [2.24, 2.45) is 0 Å². The highest BCUT2D eigenvalue weighted by molar-refractivity contribution is 6.24. The number of unbranched alkanes of at least 4 members (excludes halogenated alkanes) is 3. The van der Waals surface area contributed by atoms with Gasteiger partial charge in [0, 0.05) is 6.61 Å². The van der Waals surface area contributed by atoms with Crippen LogP contribution in [-0.4, -0.2) is 42.2 Å². The fourth-order valence-corrected chi connectivity index (χ4v) is 2.04. The van der Waals surface area contributed by atoms with Crippen LogP contribution in [-0.2, 0) is 18.6 Å². The summed E-state index contributed by atoms with van der Waals surface area (Å²) in [6.45, 7) is 10.8. The Hall–Kier alpha value is 0.0569. The van der Waals surface area contributed by atoms with E-state index < -0.39 is 5.97 Å². The van der Waals surface area contributed by atoms with E-state index in [1.54, 1.807) is 0 Å². The molecule has 0 amide bonds. The lowest BCUT2D eigenvalue weighted by Gasteiger charge is -2.33. The smallest absolute Gasteiger partial charge is 0.298 e. The van der Waals surface area contributed by atoms with Crippen LogP contribution in [0.2, 0.25) is 6.55 Å². The van der Waals surface area contributed by atoms with Crippen LogP contribution in [0.15, 0.2) is 0 Å². The van der Waals surface area contributed by atoms with Gasteiger partial charge in [0.1, 0.15) is 6.61 Å². The highest BCUT2D eigenvalue weighted by atomic mass is 28.2. The van der Waals surface area contributed by atoms with Crippen molar-refractivity contribution in [1.82, 2.24) is 0 Å². The Morgan fingerprint density at radius 3 is 1.75 bits per heavy atom. The molecule has 0 fully saturated rings. The van der Waals surface area contributed by atoms with Gasteiger partial charge in [-0.2, -0.15) is 0 Å². The second kappa shape index (κ2) is 14.0. The number of hydrogen-bond acceptors (Lipinski definition) is 4. The Balaban J connectivity index is 4.37. The maximum atomic E-state index is 5.87. The highest BCUT2D eigenvalue weighted by Crippen LogP contribution is 2.18. The predicted octanol–water partition coefficient (Wildman–Crippen LogP) is 3.77. The number of ether oxygens (including phenoxy) is 3. The normalized spacial score (nSPS) is 12.0. The first-order chi connectivity index (χ1) is 9.74. The molecule has 0 spiro atoms. The van der Waals surface area contributed by atoms with E-state index in [0.717, 1.165) is 45.1 Å². The lowest BCUT2D eigenvalue weighted by Crippen LogP contribution is -2.45. The average Bonchev–Trinajstić information content (AvgIpc) is 2.44. The molecule has 0 heterocycles. The van der Waals surface area contributed by atoms with Gasteiger partial charge in [0.15, 0.2) is 0 Å². The summed E-state index contributed by atoms with van der Waals surface area (Å²) >= 11 is 0. The van der Waals surface area contributed by atoms with Gasteiger partial charge in [-0.25, -0.2) is 0 Å². The zero-order valence-electron chi connectivity index (χ0n) is 13.7. The lowest BCUT2D eigenvalue weighted by molar-refractivity contribution is -0.362. The Morgan fingerprint density at radius 2 is 1.30 bits per heavy atom. The molecule has 0 aliphatic carbocycles. The van der Waals surface area contributed by atoms with Crippen LogP contribution in [0, 0.1) is 0 Å². The second-order valence-corrected chi connectivity index (χ2v) is 5.41. The molecule has 0 rings (SSSR count). The van der Waals surface area contributed by atoms with Crippen molar-refractivity contribution in [3.8, 4) is 0 Å². The fourth-order valence-electron chi connectivity index (χ4n) is 1.56. The van der Waals surface area contributed by atoms with Gasteiger partial charge in [0.25, 0.3) is 5.97 Å². The molecule has 0 saturated heterocycles. The van der Waals surface area contributed by atoms with Crippen molar-refractivity contribution in [2.45, 2.75) is 71.8 Å². The highest BCUT2D eigenvalue weighted by Gasteiger charge is 2.33. The van der Waals surface area contributed by atoms with E-state index in [-0.39, 0.29) is 0 Å². The first-order valence-corrected chi connectivity index (χ1v) is 9.35. The van der Waals surface area contributed by atoms with Gasteiger partial charge in [-0.3, -0.25) is 0 Å². The molecule has 0 aromatic carbocycles. The van der Waals surface area contributed by atoms with E-state index in [0.29, 0.717) is 29.6 Å². The molecular weight excluding hydrogens is 272 g/mol. The summed E-state index contributed by atoms with van der Waals surface area (Å²) in [5.74, 6) is -1.01. The molecule has 0 unspecified atom stereocenters. The zero-order chi connectivity index (χ0) is 15.1. The maximum absolute atomic E-state index is 5.87. The molecular formula is C15H32O4Si. The summed E-state index contributed by atoms with van der Waals surface area (Å²) in [5, 5.41) is 0. The van der Waals surface area contributed by atoms with Crippen LogP contribution in [0.3, 0.4) is 0 Å². The predicted molar refractivity (Wildman–Crippen MR) is 82.9 cm³/mol. The molecule has 0 N–H and O–H groups in total. The van der Waals surface area contributed by atoms with Crippen LogP contribution in [0.25, 0.3) is 0 Å². The molecule has 0 bridgehead atoms. The van der Waals surface area contributed by atoms with Crippen molar-refractivity contribution in [3.05, 3.63) is 0 Å². The largest absolute Gasteiger partial charge is 0.373 e. The van der Waals surface area contributed by atoms with E-state index in [4.69, 9.17) is 18.6 Å². The van der Waals surface area contributed by atoms with Gasteiger partial charge in [-0.15, -0.1) is 0 Å². The van der Waals surface area contributed by atoms with Crippen molar-refractivity contribution in [3.63, 3.8) is 0 Å². The molecule has 5 heteroatoms. The van der Waals surface area contributed by atoms with Crippen LogP contribution in [0.4, 0.5) is 0 Å². The first-order valence-electron chi connectivity index (χ1n) is 7.95. The average molecular weight is 305 g/mol. The Kier molecular flexibility index (Phi) is 14.1. The Labute approximate surface area is 127 Å². The lowest BCUT2D eigenvalue weighted by atomic mass is 10.3. The van der Waals surface area contributed by atoms with Gasteiger partial charge < -0.3 is 18.6 Å². The first kappa shape index (κ1) is 20.1. The molecule has 120 valence electrons. The molecule has 0 atom stereocenters. The van der Waals surface area contributed by atoms with Crippen LogP contribution in [0.5, 0.6) is 0 Å². The van der Waals surface area contributed by atoms with E-state index in [9.17, 15) is 0 Å². The molecule has 0 aromatic heterocycles. The summed E-state index contributed by atoms with van der Waals surface area (Å²) in [5.41, 5.74) is 0. The second-order valence-electron chi connectivity index (χ2n) is 4.80. The number of hydrogen-bond donors (Lipinski definition) is 0. The summed E-state index contributed by atoms with van der Waals surface area (Å²) in [4.78, 5) is 0. The van der Waals surface area contributed by atoms with Gasteiger partial charge in [-0.1, -0.05) is 40.0 Å². The molecule has 20 heavy (non-hydrogen) atoms. The minimum atomic E-state index is -1.01. The summed E-state index contributed by atoms with van der Waals surface area (Å²) in [6.07, 6.45) is 6.37. The van der Waals surface area contributed by atoms with Crippen LogP contribution < -0.4 is 0 Å². The molecule has 0 aliphatic rings. The molecule has 0 aliphatic heterocycles. The van der Waals surface area contributed by atoms with Crippen molar-refractivity contribution in [1.29, 1.82) is 0 Å². The third-order valence-electron chi connectivity index (χ3n) is 2.82. The van der Waals surface area contributed by atoms with Crippen LogP contribution >= 0.6 is 0 Å². The van der Waals surface area contributed by atoms with E-state index in [1.807, 2.05) is 6.55 Å². The number of rotatable bonds is 15. The van der Waals surface area contributed by atoms with E-state index in [2.05, 4.69) is 20.8 Å². The summed E-state index contributed by atoms with van der Waals surface area (Å²) in [7, 11) is 0.315. The molecule has 4 nitrogen and oxygen atoms in total. The molecule has 0 aromatic rings. The van der Waals surface area contributed by atoms with Crippen molar-refractivity contribution >= 4 is 9.76 Å². The Morgan fingerprint density at radius 1 is 0.800 bits per heavy atom. The minimum Gasteiger partial charge on any atom is -0.373 e. The molecule has 2 radical (unpaired) electrons. The quantitative estimate of drug-likeness (QED) is 0.262. The third kappa shape index (κ3) is 9.88. The molecule has 0 saturated carbocycles. The van der Waals surface area contributed by atoms with Gasteiger partial charge in [0.2, 0.25) is 9.76 Å². The Bertz CT molecular complexity index is 192. The SMILES string of the molecule is CCCCOCC(OCCCC)(OCCCC)O[Si]C. The van der Waals surface area contributed by atoms with Gasteiger partial charge in [0.05, 0.1) is 13.2 Å². The maximum Gasteiger partial charge on any atom is 0.298 e. The standard InChI is InChI=1S/C15H32O4Si/c1-5-8-11-16-14-15(19-20-4,17-12-9-6-2)18-13-10-7-3/h5-14H2,1-4H3. The van der Waals surface area contributed by atoms with Gasteiger partial charge >= 0.3 is 0 Å². The zero-order valence-corrected chi connectivity index (χ0v) is 14.7. The van der Waals surface area contributed by atoms with Crippen molar-refractivity contribution < 1.29 is 18.6 Å². The third-order valence-corrected chi connectivity index (χ3v) is 3.33. The summed E-state index contributed by atoms with van der Waals surface area (Å²) < 4.78 is 23.2. The monoisotopic (exact) mass is 304 g/mol. The van der Waals surface area contributed by atoms with Crippen molar-refractivity contribution in [2.75, 3.05) is 26.4 Å². The summed E-state index contributed by atoms with van der Waals surface area (Å²) in [6, 6.07) is 0. The minimum absolute atomic E-state index is 0.315. The van der Waals surface area contributed by atoms with E-state index in [1.165, 1.54) is 0 Å². The van der Waals surface area contributed by atoms with Gasteiger partial charge in [-0.05, 0) is 25.8 Å². The fraction of sp³-hybridized carbons (Fsp3) is 1.00. The topological polar surface area (TPSA) is 36.9 Å². The van der Waals surface area contributed by atoms with Crippen LogP contribution in [0.1, 0.15) is 59.3 Å².